The number of hydrogen-bond acceptors (Lipinski definition) is 4. The number of aromatic amines is 1. The summed E-state index contributed by atoms with van der Waals surface area (Å²) in [7, 11) is 0. The lowest BCUT2D eigenvalue weighted by Crippen LogP contribution is -2.03. The van der Waals surface area contributed by atoms with Crippen molar-refractivity contribution in [1.82, 2.24) is 14.9 Å². The van der Waals surface area contributed by atoms with Crippen molar-refractivity contribution in [2.24, 2.45) is 5.10 Å². The fourth-order valence-corrected chi connectivity index (χ4v) is 2.95. The van der Waals surface area contributed by atoms with Gasteiger partial charge >= 0.3 is 0 Å². The summed E-state index contributed by atoms with van der Waals surface area (Å²) < 4.78 is 8.18. The van der Waals surface area contributed by atoms with Gasteiger partial charge < -0.3 is 4.74 Å². The largest absolute Gasteiger partial charge is 0.493 e. The lowest BCUT2D eigenvalue weighted by Gasteiger charge is -2.11. The highest BCUT2D eigenvalue weighted by molar-refractivity contribution is 7.71. The van der Waals surface area contributed by atoms with Crippen LogP contribution in [0.25, 0.3) is 10.8 Å². The fraction of sp³-hybridized carbons (Fsp3) is 0.350. The monoisotopic (exact) mass is 368 g/mol. The molecule has 0 unspecified atom stereocenters. The quantitative estimate of drug-likeness (QED) is 0.351. The normalized spacial score (nSPS) is 11.7. The maximum absolute atomic E-state index is 6.01. The van der Waals surface area contributed by atoms with Crippen LogP contribution in [0.3, 0.4) is 0 Å². The maximum Gasteiger partial charge on any atom is 0.216 e. The van der Waals surface area contributed by atoms with Gasteiger partial charge in [-0.3, -0.25) is 5.10 Å². The molecule has 0 amide bonds. The first-order valence-corrected chi connectivity index (χ1v) is 9.38. The van der Waals surface area contributed by atoms with Crippen LogP contribution < -0.4 is 4.74 Å². The second-order valence-corrected chi connectivity index (χ2v) is 6.89. The summed E-state index contributed by atoms with van der Waals surface area (Å²) in [4.78, 5) is 0. The van der Waals surface area contributed by atoms with Crippen LogP contribution in [0.15, 0.2) is 41.5 Å². The molecule has 0 saturated heterocycles. The van der Waals surface area contributed by atoms with Gasteiger partial charge in [-0.05, 0) is 35.5 Å². The number of H-pyrrole nitrogens is 1. The molecule has 0 aliphatic rings. The number of rotatable bonds is 7. The standard InChI is InChI=1S/C20H24N4OS/c1-4-5-12-25-18-11-10-15-8-6-7-9-16(15)17(18)13-21-24-19(14(2)3)22-23-20(24)26/h6-11,13-14H,4-5,12H2,1-3H3,(H,23,26). The predicted octanol–water partition coefficient (Wildman–Crippen LogP) is 5.28. The molecular formula is C20H24N4OS. The first-order chi connectivity index (χ1) is 12.6. The van der Waals surface area contributed by atoms with E-state index in [0.717, 1.165) is 40.8 Å². The fourth-order valence-electron chi connectivity index (χ4n) is 2.77. The van der Waals surface area contributed by atoms with Crippen molar-refractivity contribution in [1.29, 1.82) is 0 Å². The van der Waals surface area contributed by atoms with E-state index in [1.165, 1.54) is 0 Å². The molecule has 0 spiro atoms. The summed E-state index contributed by atoms with van der Waals surface area (Å²) >= 11 is 5.32. The van der Waals surface area contributed by atoms with Crippen LogP contribution in [0.4, 0.5) is 0 Å². The molecular weight excluding hydrogens is 344 g/mol. The number of ether oxygens (including phenoxy) is 1. The van der Waals surface area contributed by atoms with Crippen molar-refractivity contribution < 1.29 is 4.74 Å². The summed E-state index contributed by atoms with van der Waals surface area (Å²) in [6.07, 6.45) is 3.94. The summed E-state index contributed by atoms with van der Waals surface area (Å²) in [5.41, 5.74) is 0.956. The van der Waals surface area contributed by atoms with Gasteiger partial charge in [0.25, 0.3) is 0 Å². The molecule has 6 heteroatoms. The van der Waals surface area contributed by atoms with Gasteiger partial charge in [0, 0.05) is 11.5 Å². The molecule has 2 aromatic carbocycles. The number of nitrogens with zero attached hydrogens (tertiary/aromatic N) is 3. The summed E-state index contributed by atoms with van der Waals surface area (Å²) in [6, 6.07) is 12.3. The second kappa shape index (κ2) is 8.27. The number of benzene rings is 2. The zero-order valence-corrected chi connectivity index (χ0v) is 16.2. The second-order valence-electron chi connectivity index (χ2n) is 6.50. The van der Waals surface area contributed by atoms with Gasteiger partial charge in [-0.15, -0.1) is 0 Å². The number of aromatic nitrogens is 3. The van der Waals surface area contributed by atoms with Crippen LogP contribution in [0.5, 0.6) is 5.75 Å². The Kier molecular flexibility index (Phi) is 5.83. The van der Waals surface area contributed by atoms with Crippen LogP contribution in [-0.4, -0.2) is 27.7 Å². The number of hydrogen-bond donors (Lipinski definition) is 1. The Hall–Kier alpha value is -2.47. The highest BCUT2D eigenvalue weighted by Crippen LogP contribution is 2.27. The van der Waals surface area contributed by atoms with Crippen LogP contribution in [0, 0.1) is 4.77 Å². The third-order valence-corrected chi connectivity index (χ3v) is 4.44. The molecule has 136 valence electrons. The minimum absolute atomic E-state index is 0.216. The topological polar surface area (TPSA) is 55.2 Å². The van der Waals surface area contributed by atoms with E-state index in [1.807, 2.05) is 24.4 Å². The van der Waals surface area contributed by atoms with E-state index in [0.29, 0.717) is 11.4 Å². The van der Waals surface area contributed by atoms with Crippen molar-refractivity contribution in [2.75, 3.05) is 6.61 Å². The molecule has 0 fully saturated rings. The van der Waals surface area contributed by atoms with E-state index in [4.69, 9.17) is 17.0 Å². The molecule has 3 aromatic rings. The van der Waals surface area contributed by atoms with Crippen LogP contribution in [-0.2, 0) is 0 Å². The SMILES string of the molecule is CCCCOc1ccc2ccccc2c1C=Nn1c(C(C)C)n[nH]c1=S. The third-order valence-electron chi connectivity index (χ3n) is 4.18. The van der Waals surface area contributed by atoms with E-state index in [1.54, 1.807) is 4.68 Å². The van der Waals surface area contributed by atoms with E-state index < -0.39 is 0 Å². The Morgan fingerprint density at radius 3 is 2.85 bits per heavy atom. The number of nitrogens with one attached hydrogen (secondary N) is 1. The minimum atomic E-state index is 0.216. The molecule has 26 heavy (non-hydrogen) atoms. The van der Waals surface area contributed by atoms with Gasteiger partial charge in [0.1, 0.15) is 5.75 Å². The highest BCUT2D eigenvalue weighted by atomic mass is 32.1. The Morgan fingerprint density at radius 1 is 1.27 bits per heavy atom. The first kappa shape index (κ1) is 18.3. The molecule has 5 nitrogen and oxygen atoms in total. The zero-order chi connectivity index (χ0) is 18.5. The average molecular weight is 369 g/mol. The van der Waals surface area contributed by atoms with Gasteiger partial charge in [-0.1, -0.05) is 57.5 Å². The summed E-state index contributed by atoms with van der Waals surface area (Å²) in [5.74, 6) is 1.86. The van der Waals surface area contributed by atoms with Gasteiger partial charge in [0.05, 0.1) is 12.8 Å². The number of fused-ring (bicyclic) bond motifs is 1. The average Bonchev–Trinajstić information content (AvgIpc) is 3.01. The van der Waals surface area contributed by atoms with Crippen molar-refractivity contribution >= 4 is 29.2 Å². The predicted molar refractivity (Wildman–Crippen MR) is 109 cm³/mol. The van der Waals surface area contributed by atoms with Crippen molar-refractivity contribution in [3.8, 4) is 5.75 Å². The summed E-state index contributed by atoms with van der Waals surface area (Å²) in [6.45, 7) is 6.97. The van der Waals surface area contributed by atoms with Crippen molar-refractivity contribution in [2.45, 2.75) is 39.5 Å². The molecule has 3 rings (SSSR count). The Labute approximate surface area is 158 Å². The van der Waals surface area contributed by atoms with Gasteiger partial charge in [-0.2, -0.15) is 14.9 Å². The molecule has 0 radical (unpaired) electrons. The lowest BCUT2D eigenvalue weighted by molar-refractivity contribution is 0.309. The van der Waals surface area contributed by atoms with Crippen LogP contribution in [0.2, 0.25) is 0 Å². The summed E-state index contributed by atoms with van der Waals surface area (Å²) in [5, 5.41) is 14.0. The Balaban J connectivity index is 2.06. The molecule has 1 heterocycles. The van der Waals surface area contributed by atoms with Gasteiger partial charge in [-0.25, -0.2) is 0 Å². The third kappa shape index (κ3) is 3.85. The Morgan fingerprint density at radius 2 is 2.08 bits per heavy atom. The smallest absolute Gasteiger partial charge is 0.216 e. The first-order valence-electron chi connectivity index (χ1n) is 8.98. The van der Waals surface area contributed by atoms with E-state index in [9.17, 15) is 0 Å². The van der Waals surface area contributed by atoms with E-state index in [2.05, 4.69) is 54.3 Å². The van der Waals surface area contributed by atoms with Crippen molar-refractivity contribution in [3.63, 3.8) is 0 Å². The molecule has 1 N–H and O–H groups in total. The minimum Gasteiger partial charge on any atom is -0.493 e. The molecule has 1 aromatic heterocycles. The number of unbranched alkanes of at least 4 members (excludes halogenated alkanes) is 1. The molecule has 0 saturated carbocycles. The van der Waals surface area contributed by atoms with E-state index in [-0.39, 0.29) is 5.92 Å². The lowest BCUT2D eigenvalue weighted by atomic mass is 10.0. The molecule has 0 aliphatic carbocycles. The van der Waals surface area contributed by atoms with Crippen LogP contribution >= 0.6 is 12.2 Å². The zero-order valence-electron chi connectivity index (χ0n) is 15.4. The van der Waals surface area contributed by atoms with Crippen molar-refractivity contribution in [3.05, 3.63) is 52.6 Å². The maximum atomic E-state index is 6.01. The molecule has 0 bridgehead atoms. The van der Waals surface area contributed by atoms with Gasteiger partial charge in [0.15, 0.2) is 5.82 Å². The van der Waals surface area contributed by atoms with Gasteiger partial charge in [0.2, 0.25) is 4.77 Å². The molecule has 0 aliphatic heterocycles. The van der Waals surface area contributed by atoms with E-state index >= 15 is 0 Å². The highest BCUT2D eigenvalue weighted by Gasteiger charge is 2.11. The van der Waals surface area contributed by atoms with Crippen LogP contribution in [0.1, 0.15) is 50.9 Å². The molecule has 0 atom stereocenters. The Bertz CT molecular complexity index is 971.